The Labute approximate surface area is 103 Å². The minimum absolute atomic E-state index is 0.0524. The van der Waals surface area contributed by atoms with Crippen molar-refractivity contribution in [2.75, 3.05) is 0 Å². The second-order valence-corrected chi connectivity index (χ2v) is 4.83. The number of amides is 1. The highest BCUT2D eigenvalue weighted by Crippen LogP contribution is 2.23. The van der Waals surface area contributed by atoms with Crippen LogP contribution in [0.25, 0.3) is 0 Å². The largest absolute Gasteiger partial charge is 0.287 e. The maximum Gasteiger partial charge on any atom is 0.265 e. The first kappa shape index (κ1) is 12.1. The summed E-state index contributed by atoms with van der Waals surface area (Å²) in [5, 5.41) is 0. The van der Waals surface area contributed by atoms with Crippen LogP contribution in [0.1, 0.15) is 43.0 Å². The lowest BCUT2D eigenvalue weighted by Gasteiger charge is -2.29. The maximum absolute atomic E-state index is 11.8. The first-order valence-electron chi connectivity index (χ1n) is 6.38. The van der Waals surface area contributed by atoms with Crippen LogP contribution in [-0.4, -0.2) is 11.9 Å². The lowest BCUT2D eigenvalue weighted by atomic mass is 9.86. The van der Waals surface area contributed by atoms with Gasteiger partial charge in [0.25, 0.3) is 5.91 Å². The molecule has 2 rings (SSSR count). The monoisotopic (exact) mass is 232 g/mol. The minimum atomic E-state index is -0.0524. The molecule has 3 nitrogen and oxygen atoms in total. The van der Waals surface area contributed by atoms with Gasteiger partial charge in [-0.25, -0.2) is 5.43 Å². The molecule has 2 N–H and O–H groups in total. The number of carbonyl (C=O) groups excluding carboxylic acids is 1. The molecule has 0 bridgehead atoms. The second kappa shape index (κ2) is 5.82. The highest BCUT2D eigenvalue weighted by molar-refractivity contribution is 5.93. The average molecular weight is 232 g/mol. The smallest absolute Gasteiger partial charge is 0.265 e. The van der Waals surface area contributed by atoms with Crippen LogP contribution < -0.4 is 10.9 Å². The van der Waals surface area contributed by atoms with Crippen molar-refractivity contribution in [3.8, 4) is 0 Å². The van der Waals surface area contributed by atoms with E-state index in [1.54, 1.807) is 0 Å². The number of nitrogens with one attached hydrogen (secondary N) is 2. The van der Waals surface area contributed by atoms with Gasteiger partial charge in [-0.1, -0.05) is 38.0 Å². The molecule has 17 heavy (non-hydrogen) atoms. The number of hydrogen-bond acceptors (Lipinski definition) is 2. The van der Waals surface area contributed by atoms with Gasteiger partial charge in [0.05, 0.1) is 0 Å². The van der Waals surface area contributed by atoms with Gasteiger partial charge < -0.3 is 0 Å². The Morgan fingerprint density at radius 1 is 1.18 bits per heavy atom. The Kier molecular flexibility index (Phi) is 4.15. The van der Waals surface area contributed by atoms with E-state index in [0.717, 1.165) is 6.42 Å². The lowest BCUT2D eigenvalue weighted by molar-refractivity contribution is 0.0911. The molecular formula is C14H20N2O. The van der Waals surface area contributed by atoms with Crippen LogP contribution in [0.2, 0.25) is 0 Å². The Hall–Kier alpha value is -1.35. The molecule has 1 aromatic rings. The first-order chi connectivity index (χ1) is 8.27. The van der Waals surface area contributed by atoms with E-state index >= 15 is 0 Å². The van der Waals surface area contributed by atoms with Crippen LogP contribution in [0.5, 0.6) is 0 Å². The Bertz CT molecular complexity index is 364. The topological polar surface area (TPSA) is 41.1 Å². The molecule has 2 atom stereocenters. The second-order valence-electron chi connectivity index (χ2n) is 4.83. The molecule has 2 unspecified atom stereocenters. The molecule has 1 aromatic carbocycles. The molecule has 0 saturated heterocycles. The van der Waals surface area contributed by atoms with Crippen molar-refractivity contribution in [3.05, 3.63) is 35.9 Å². The van der Waals surface area contributed by atoms with Gasteiger partial charge in [-0.3, -0.25) is 10.2 Å². The summed E-state index contributed by atoms with van der Waals surface area (Å²) < 4.78 is 0. The Morgan fingerprint density at radius 2 is 1.88 bits per heavy atom. The SMILES string of the molecule is CC1CCCCC1NNC(=O)c1ccccc1. The van der Waals surface area contributed by atoms with Crippen LogP contribution >= 0.6 is 0 Å². The van der Waals surface area contributed by atoms with Gasteiger partial charge >= 0.3 is 0 Å². The summed E-state index contributed by atoms with van der Waals surface area (Å²) in [6.07, 6.45) is 4.96. The van der Waals surface area contributed by atoms with Crippen LogP contribution in [0, 0.1) is 5.92 Å². The average Bonchev–Trinajstić information content (AvgIpc) is 2.38. The van der Waals surface area contributed by atoms with E-state index < -0.39 is 0 Å². The van der Waals surface area contributed by atoms with E-state index in [2.05, 4.69) is 17.8 Å². The third-order valence-electron chi connectivity index (χ3n) is 3.52. The standard InChI is InChI=1S/C14H20N2O/c1-11-7-5-6-10-13(11)15-16-14(17)12-8-3-2-4-9-12/h2-4,8-9,11,13,15H,5-7,10H2,1H3,(H,16,17). The molecule has 0 spiro atoms. The lowest BCUT2D eigenvalue weighted by Crippen LogP contribution is -2.48. The molecule has 1 fully saturated rings. The number of hydrazine groups is 1. The molecule has 1 aliphatic carbocycles. The normalized spacial score (nSPS) is 24.3. The molecule has 0 aromatic heterocycles. The van der Waals surface area contributed by atoms with E-state index in [4.69, 9.17) is 0 Å². The zero-order chi connectivity index (χ0) is 12.1. The van der Waals surface area contributed by atoms with E-state index in [9.17, 15) is 4.79 Å². The van der Waals surface area contributed by atoms with Crippen LogP contribution in [0.15, 0.2) is 30.3 Å². The van der Waals surface area contributed by atoms with E-state index in [1.807, 2.05) is 30.3 Å². The Balaban J connectivity index is 1.84. The molecule has 0 aliphatic heterocycles. The third-order valence-corrected chi connectivity index (χ3v) is 3.52. The van der Waals surface area contributed by atoms with Crippen molar-refractivity contribution in [1.29, 1.82) is 0 Å². The van der Waals surface area contributed by atoms with Crippen molar-refractivity contribution < 1.29 is 4.79 Å². The number of rotatable bonds is 3. The fraction of sp³-hybridized carbons (Fsp3) is 0.500. The van der Waals surface area contributed by atoms with Crippen molar-refractivity contribution in [2.45, 2.75) is 38.6 Å². The van der Waals surface area contributed by atoms with Crippen LogP contribution in [-0.2, 0) is 0 Å². The summed E-state index contributed by atoms with van der Waals surface area (Å²) in [4.78, 5) is 11.8. The minimum Gasteiger partial charge on any atom is -0.287 e. The zero-order valence-electron chi connectivity index (χ0n) is 10.3. The highest BCUT2D eigenvalue weighted by atomic mass is 16.2. The molecule has 0 radical (unpaired) electrons. The fourth-order valence-corrected chi connectivity index (χ4v) is 2.35. The predicted molar refractivity (Wildman–Crippen MR) is 68.5 cm³/mol. The Morgan fingerprint density at radius 3 is 2.59 bits per heavy atom. The summed E-state index contributed by atoms with van der Waals surface area (Å²) >= 11 is 0. The van der Waals surface area contributed by atoms with Gasteiger partial charge in [-0.2, -0.15) is 0 Å². The fourth-order valence-electron chi connectivity index (χ4n) is 2.35. The van der Waals surface area contributed by atoms with Gasteiger partial charge in [-0.05, 0) is 30.9 Å². The highest BCUT2D eigenvalue weighted by Gasteiger charge is 2.21. The van der Waals surface area contributed by atoms with E-state index in [-0.39, 0.29) is 5.91 Å². The summed E-state index contributed by atoms with van der Waals surface area (Å²) in [5.74, 6) is 0.586. The zero-order valence-corrected chi connectivity index (χ0v) is 10.3. The predicted octanol–water partition coefficient (Wildman–Crippen LogP) is 2.50. The van der Waals surface area contributed by atoms with Crippen LogP contribution in [0.4, 0.5) is 0 Å². The molecule has 92 valence electrons. The third kappa shape index (κ3) is 3.30. The molecule has 1 amide bonds. The summed E-state index contributed by atoms with van der Waals surface area (Å²) in [7, 11) is 0. The van der Waals surface area contributed by atoms with Gasteiger partial charge in [0.15, 0.2) is 0 Å². The van der Waals surface area contributed by atoms with E-state index in [1.165, 1.54) is 19.3 Å². The first-order valence-corrected chi connectivity index (χ1v) is 6.38. The van der Waals surface area contributed by atoms with Gasteiger partial charge in [0.2, 0.25) is 0 Å². The van der Waals surface area contributed by atoms with Gasteiger partial charge in [-0.15, -0.1) is 0 Å². The molecule has 1 saturated carbocycles. The summed E-state index contributed by atoms with van der Waals surface area (Å²) in [5.41, 5.74) is 6.68. The quantitative estimate of drug-likeness (QED) is 0.786. The molecule has 1 aliphatic rings. The summed E-state index contributed by atoms with van der Waals surface area (Å²) in [6, 6.07) is 9.71. The molecule has 0 heterocycles. The van der Waals surface area contributed by atoms with Crippen molar-refractivity contribution in [1.82, 2.24) is 10.9 Å². The number of carbonyl (C=O) groups is 1. The van der Waals surface area contributed by atoms with Crippen molar-refractivity contribution >= 4 is 5.91 Å². The number of hydrogen-bond donors (Lipinski definition) is 2. The van der Waals surface area contributed by atoms with Crippen LogP contribution in [0.3, 0.4) is 0 Å². The van der Waals surface area contributed by atoms with Crippen molar-refractivity contribution in [2.24, 2.45) is 5.92 Å². The number of benzene rings is 1. The van der Waals surface area contributed by atoms with Crippen molar-refractivity contribution in [3.63, 3.8) is 0 Å². The molecule has 3 heteroatoms. The summed E-state index contributed by atoms with van der Waals surface area (Å²) in [6.45, 7) is 2.24. The van der Waals surface area contributed by atoms with Gasteiger partial charge in [0.1, 0.15) is 0 Å². The maximum atomic E-state index is 11.8. The van der Waals surface area contributed by atoms with E-state index in [0.29, 0.717) is 17.5 Å². The van der Waals surface area contributed by atoms with Gasteiger partial charge in [0, 0.05) is 11.6 Å². The molecular weight excluding hydrogens is 212 g/mol.